The Bertz CT molecular complexity index is 717. The second-order valence-electron chi connectivity index (χ2n) is 5.44. The number of hydrogen-bond acceptors (Lipinski definition) is 2. The fourth-order valence-corrected chi connectivity index (χ4v) is 2.09. The van der Waals surface area contributed by atoms with E-state index in [1.165, 1.54) is 0 Å². The maximum atomic E-state index is 13.5. The van der Waals surface area contributed by atoms with E-state index in [9.17, 15) is 18.0 Å². The van der Waals surface area contributed by atoms with E-state index in [1.54, 1.807) is 12.1 Å². The minimum atomic E-state index is -1.63. The van der Waals surface area contributed by atoms with Crippen LogP contribution in [-0.2, 0) is 4.79 Å². The summed E-state index contributed by atoms with van der Waals surface area (Å²) in [6.07, 6.45) is 1.02. The first-order valence-electron chi connectivity index (χ1n) is 7.58. The third-order valence-electron chi connectivity index (χ3n) is 3.74. The summed E-state index contributed by atoms with van der Waals surface area (Å²) in [5.41, 5.74) is 0.729. The standard InChI is InChI=1S/C18H18F3NO2/c1-3-11(2)12-4-6-13(7-5-12)24-10-16(23)22-15-9-8-14(19)17(20)18(15)21/h4-9,11H,3,10H2,1-2H3,(H,22,23). The highest BCUT2D eigenvalue weighted by atomic mass is 19.2. The first-order chi connectivity index (χ1) is 11.4. The summed E-state index contributed by atoms with van der Waals surface area (Å²) in [5, 5.41) is 2.14. The second-order valence-corrected chi connectivity index (χ2v) is 5.44. The van der Waals surface area contributed by atoms with Gasteiger partial charge in [-0.25, -0.2) is 13.2 Å². The molecule has 1 N–H and O–H groups in total. The highest BCUT2D eigenvalue weighted by Gasteiger charge is 2.15. The number of carbonyl (C=O) groups excluding carboxylic acids is 1. The van der Waals surface area contributed by atoms with Crippen molar-refractivity contribution >= 4 is 11.6 Å². The van der Waals surface area contributed by atoms with Crippen LogP contribution in [0.4, 0.5) is 18.9 Å². The number of hydrogen-bond donors (Lipinski definition) is 1. The van der Waals surface area contributed by atoms with Gasteiger partial charge in [-0.1, -0.05) is 26.0 Å². The van der Waals surface area contributed by atoms with Crippen molar-refractivity contribution in [1.82, 2.24) is 0 Å². The van der Waals surface area contributed by atoms with E-state index in [4.69, 9.17) is 4.74 Å². The fraction of sp³-hybridized carbons (Fsp3) is 0.278. The van der Waals surface area contributed by atoms with E-state index in [2.05, 4.69) is 19.2 Å². The van der Waals surface area contributed by atoms with E-state index in [0.717, 1.165) is 24.1 Å². The zero-order valence-electron chi connectivity index (χ0n) is 13.4. The van der Waals surface area contributed by atoms with Gasteiger partial charge in [0.05, 0.1) is 5.69 Å². The van der Waals surface area contributed by atoms with E-state index < -0.39 is 29.0 Å². The van der Waals surface area contributed by atoms with Gasteiger partial charge in [0.25, 0.3) is 5.91 Å². The van der Waals surface area contributed by atoms with Crippen LogP contribution in [0.2, 0.25) is 0 Å². The van der Waals surface area contributed by atoms with E-state index in [0.29, 0.717) is 11.7 Å². The summed E-state index contributed by atoms with van der Waals surface area (Å²) >= 11 is 0. The lowest BCUT2D eigenvalue weighted by atomic mass is 9.99. The molecule has 0 saturated heterocycles. The second kappa shape index (κ2) is 7.86. The van der Waals surface area contributed by atoms with Crippen molar-refractivity contribution in [3.05, 3.63) is 59.4 Å². The van der Waals surface area contributed by atoms with Crippen molar-refractivity contribution in [2.45, 2.75) is 26.2 Å². The highest BCUT2D eigenvalue weighted by Crippen LogP contribution is 2.22. The van der Waals surface area contributed by atoms with Crippen molar-refractivity contribution in [2.75, 3.05) is 11.9 Å². The third kappa shape index (κ3) is 4.28. The summed E-state index contributed by atoms with van der Waals surface area (Å²) in [4.78, 5) is 11.7. The number of halogens is 3. The zero-order valence-corrected chi connectivity index (χ0v) is 13.4. The van der Waals surface area contributed by atoms with Crippen LogP contribution in [0.5, 0.6) is 5.75 Å². The SMILES string of the molecule is CCC(C)c1ccc(OCC(=O)Nc2ccc(F)c(F)c2F)cc1. The molecule has 0 aliphatic heterocycles. The molecule has 6 heteroatoms. The smallest absolute Gasteiger partial charge is 0.262 e. The van der Waals surface area contributed by atoms with Gasteiger partial charge in [0, 0.05) is 0 Å². The van der Waals surface area contributed by atoms with Crippen LogP contribution in [0.25, 0.3) is 0 Å². The maximum absolute atomic E-state index is 13.5. The lowest BCUT2D eigenvalue weighted by Crippen LogP contribution is -2.21. The van der Waals surface area contributed by atoms with Crippen LogP contribution in [0.1, 0.15) is 31.7 Å². The molecule has 2 aromatic carbocycles. The van der Waals surface area contributed by atoms with Crippen LogP contribution in [0.15, 0.2) is 36.4 Å². The monoisotopic (exact) mass is 337 g/mol. The molecule has 0 saturated carbocycles. The van der Waals surface area contributed by atoms with Crippen LogP contribution in [-0.4, -0.2) is 12.5 Å². The number of anilines is 1. The molecule has 1 unspecified atom stereocenters. The van der Waals surface area contributed by atoms with Gasteiger partial charge in [0.1, 0.15) is 5.75 Å². The predicted molar refractivity (Wildman–Crippen MR) is 85.6 cm³/mol. The Morgan fingerprint density at radius 1 is 1.08 bits per heavy atom. The van der Waals surface area contributed by atoms with Crippen molar-refractivity contribution in [3.63, 3.8) is 0 Å². The van der Waals surface area contributed by atoms with E-state index in [1.807, 2.05) is 12.1 Å². The average Bonchev–Trinajstić information content (AvgIpc) is 2.60. The Morgan fingerprint density at radius 3 is 2.38 bits per heavy atom. The number of nitrogens with one attached hydrogen (secondary N) is 1. The minimum absolute atomic E-state index is 0.374. The van der Waals surface area contributed by atoms with Gasteiger partial charge in [-0.05, 0) is 42.2 Å². The van der Waals surface area contributed by atoms with Crippen LogP contribution >= 0.6 is 0 Å². The van der Waals surface area contributed by atoms with Gasteiger partial charge >= 0.3 is 0 Å². The van der Waals surface area contributed by atoms with Crippen LogP contribution in [0, 0.1) is 17.5 Å². The molecule has 0 heterocycles. The van der Waals surface area contributed by atoms with Crippen molar-refractivity contribution < 1.29 is 22.7 Å². The zero-order chi connectivity index (χ0) is 17.7. The Kier molecular flexibility index (Phi) is 5.84. The van der Waals surface area contributed by atoms with Crippen molar-refractivity contribution in [3.8, 4) is 5.75 Å². The van der Waals surface area contributed by atoms with Crippen LogP contribution in [0.3, 0.4) is 0 Å². The summed E-state index contributed by atoms with van der Waals surface area (Å²) < 4.78 is 44.7. The molecule has 0 aliphatic carbocycles. The number of amides is 1. The van der Waals surface area contributed by atoms with Gasteiger partial charge in [-0.15, -0.1) is 0 Å². The van der Waals surface area contributed by atoms with Gasteiger partial charge in [0.2, 0.25) is 0 Å². The maximum Gasteiger partial charge on any atom is 0.262 e. The molecule has 1 amide bonds. The van der Waals surface area contributed by atoms with Gasteiger partial charge < -0.3 is 10.1 Å². The molecule has 2 rings (SSSR count). The molecular formula is C18H18F3NO2. The van der Waals surface area contributed by atoms with E-state index >= 15 is 0 Å². The Balaban J connectivity index is 1.93. The molecule has 0 radical (unpaired) electrons. The van der Waals surface area contributed by atoms with Crippen LogP contribution < -0.4 is 10.1 Å². The molecule has 24 heavy (non-hydrogen) atoms. The quantitative estimate of drug-likeness (QED) is 0.780. The molecule has 0 aromatic heterocycles. The molecule has 0 bridgehead atoms. The normalized spacial score (nSPS) is 11.9. The molecule has 2 aromatic rings. The van der Waals surface area contributed by atoms with E-state index in [-0.39, 0.29) is 6.61 Å². The fourth-order valence-electron chi connectivity index (χ4n) is 2.09. The first-order valence-corrected chi connectivity index (χ1v) is 7.58. The minimum Gasteiger partial charge on any atom is -0.484 e. The number of rotatable bonds is 6. The number of carbonyl (C=O) groups is 1. The molecule has 3 nitrogen and oxygen atoms in total. The lowest BCUT2D eigenvalue weighted by molar-refractivity contribution is -0.118. The molecule has 0 fully saturated rings. The Hall–Kier alpha value is -2.50. The summed E-state index contributed by atoms with van der Waals surface area (Å²) in [6.45, 7) is 3.83. The topological polar surface area (TPSA) is 38.3 Å². The van der Waals surface area contributed by atoms with Gasteiger partial charge in [-0.3, -0.25) is 4.79 Å². The number of ether oxygens (including phenoxy) is 1. The highest BCUT2D eigenvalue weighted by molar-refractivity contribution is 5.92. The third-order valence-corrected chi connectivity index (χ3v) is 3.74. The Morgan fingerprint density at radius 2 is 1.75 bits per heavy atom. The first kappa shape index (κ1) is 17.8. The van der Waals surface area contributed by atoms with Gasteiger partial charge in [0.15, 0.2) is 24.1 Å². The average molecular weight is 337 g/mol. The molecule has 0 spiro atoms. The summed E-state index contributed by atoms with van der Waals surface area (Å²) in [5.74, 6) is -4.15. The molecule has 0 aliphatic rings. The molecular weight excluding hydrogens is 319 g/mol. The Labute approximate surface area is 138 Å². The number of benzene rings is 2. The molecule has 1 atom stereocenters. The van der Waals surface area contributed by atoms with Gasteiger partial charge in [-0.2, -0.15) is 0 Å². The van der Waals surface area contributed by atoms with Crippen molar-refractivity contribution in [1.29, 1.82) is 0 Å². The predicted octanol–water partition coefficient (Wildman–Crippen LogP) is 4.63. The van der Waals surface area contributed by atoms with Crippen molar-refractivity contribution in [2.24, 2.45) is 0 Å². The molecule has 128 valence electrons. The lowest BCUT2D eigenvalue weighted by Gasteiger charge is -2.11. The summed E-state index contributed by atoms with van der Waals surface area (Å²) in [6, 6.07) is 9.00. The summed E-state index contributed by atoms with van der Waals surface area (Å²) in [7, 11) is 0. The largest absolute Gasteiger partial charge is 0.484 e.